The van der Waals surface area contributed by atoms with E-state index in [4.69, 9.17) is 10.8 Å². The molecular formula is C15H19N3O2. The quantitative estimate of drug-likeness (QED) is 0.758. The van der Waals surface area contributed by atoms with Gasteiger partial charge in [0.15, 0.2) is 0 Å². The average Bonchev–Trinajstić information content (AvgIpc) is 2.81. The number of amides is 1. The molecule has 1 aromatic carbocycles. The van der Waals surface area contributed by atoms with E-state index in [1.54, 1.807) is 4.90 Å². The number of nitrogens with zero attached hydrogens (tertiary/aromatic N) is 1. The van der Waals surface area contributed by atoms with Gasteiger partial charge in [-0.25, -0.2) is 0 Å². The molecule has 4 N–H and O–H groups in total. The lowest BCUT2D eigenvalue weighted by molar-refractivity contribution is -0.139. The van der Waals surface area contributed by atoms with Crippen LogP contribution in [0.4, 0.5) is 0 Å². The molecule has 5 nitrogen and oxygen atoms in total. The van der Waals surface area contributed by atoms with E-state index in [0.29, 0.717) is 19.5 Å². The maximum atomic E-state index is 12.2. The van der Waals surface area contributed by atoms with Crippen LogP contribution in [0.25, 0.3) is 10.9 Å². The van der Waals surface area contributed by atoms with Crippen LogP contribution in [-0.2, 0) is 11.2 Å². The lowest BCUT2D eigenvalue weighted by Gasteiger charge is -2.39. The summed E-state index contributed by atoms with van der Waals surface area (Å²) in [6.45, 7) is 1.38. The van der Waals surface area contributed by atoms with Gasteiger partial charge < -0.3 is 20.7 Å². The number of benzene rings is 1. The van der Waals surface area contributed by atoms with Crippen molar-refractivity contribution in [3.05, 3.63) is 36.0 Å². The summed E-state index contributed by atoms with van der Waals surface area (Å²) < 4.78 is 0. The molecule has 0 radical (unpaired) electrons. The number of fused-ring (bicyclic) bond motifs is 1. The molecule has 106 valence electrons. The largest absolute Gasteiger partial charge is 0.396 e. The highest BCUT2D eigenvalue weighted by Gasteiger charge is 2.32. The summed E-state index contributed by atoms with van der Waals surface area (Å²) in [5.74, 6) is 0.194. The summed E-state index contributed by atoms with van der Waals surface area (Å²) >= 11 is 0. The fraction of sp³-hybridized carbons (Fsp3) is 0.400. The number of carbonyl (C=O) groups is 1. The SMILES string of the molecule is NC(Cc1c[nH]c2ccccc12)C(=O)N1CC(CO)C1. The monoisotopic (exact) mass is 273 g/mol. The summed E-state index contributed by atoms with van der Waals surface area (Å²) in [5.41, 5.74) is 8.16. The minimum atomic E-state index is -0.520. The van der Waals surface area contributed by atoms with Gasteiger partial charge in [0.05, 0.1) is 6.04 Å². The van der Waals surface area contributed by atoms with Gasteiger partial charge in [-0.15, -0.1) is 0 Å². The van der Waals surface area contributed by atoms with Crippen molar-refractivity contribution in [2.24, 2.45) is 11.7 Å². The van der Waals surface area contributed by atoms with E-state index in [9.17, 15) is 4.79 Å². The Kier molecular flexibility index (Phi) is 3.46. The highest BCUT2D eigenvalue weighted by atomic mass is 16.3. The standard InChI is InChI=1S/C15H19N3O2/c16-13(15(20)18-7-10(8-18)9-19)5-11-6-17-14-4-2-1-3-12(11)14/h1-4,6,10,13,17,19H,5,7-9,16H2. The van der Waals surface area contributed by atoms with Crippen molar-refractivity contribution < 1.29 is 9.90 Å². The van der Waals surface area contributed by atoms with Crippen LogP contribution < -0.4 is 5.73 Å². The maximum absolute atomic E-state index is 12.2. The molecule has 1 aliphatic rings. The van der Waals surface area contributed by atoms with E-state index in [1.165, 1.54) is 0 Å². The molecule has 1 atom stereocenters. The summed E-state index contributed by atoms with van der Waals surface area (Å²) in [7, 11) is 0. The second-order valence-electron chi connectivity index (χ2n) is 5.46. The number of aromatic amines is 1. The normalized spacial score (nSPS) is 17.2. The molecule has 3 rings (SSSR count). The Morgan fingerprint density at radius 2 is 2.20 bits per heavy atom. The van der Waals surface area contributed by atoms with Gasteiger partial charge in [0.2, 0.25) is 5.91 Å². The first-order valence-electron chi connectivity index (χ1n) is 6.89. The molecule has 1 aromatic heterocycles. The second-order valence-corrected chi connectivity index (χ2v) is 5.46. The number of aliphatic hydroxyl groups is 1. The van der Waals surface area contributed by atoms with Gasteiger partial charge in [-0.05, 0) is 18.1 Å². The number of hydrogen-bond donors (Lipinski definition) is 3. The van der Waals surface area contributed by atoms with Crippen LogP contribution in [0.2, 0.25) is 0 Å². The molecular weight excluding hydrogens is 254 g/mol. The Bertz CT molecular complexity index is 616. The number of nitrogens with two attached hydrogens (primary N) is 1. The number of likely N-dealkylation sites (tertiary alicyclic amines) is 1. The molecule has 1 amide bonds. The fourth-order valence-corrected chi connectivity index (χ4v) is 2.72. The van der Waals surface area contributed by atoms with Gasteiger partial charge in [-0.3, -0.25) is 4.79 Å². The zero-order chi connectivity index (χ0) is 14.1. The smallest absolute Gasteiger partial charge is 0.239 e. The van der Waals surface area contributed by atoms with E-state index >= 15 is 0 Å². The Hall–Kier alpha value is -1.85. The number of aromatic nitrogens is 1. The van der Waals surface area contributed by atoms with Crippen molar-refractivity contribution in [1.82, 2.24) is 9.88 Å². The number of hydrogen-bond acceptors (Lipinski definition) is 3. The first-order chi connectivity index (χ1) is 9.69. The third-order valence-corrected chi connectivity index (χ3v) is 3.96. The maximum Gasteiger partial charge on any atom is 0.239 e. The topological polar surface area (TPSA) is 82.4 Å². The number of H-pyrrole nitrogens is 1. The summed E-state index contributed by atoms with van der Waals surface area (Å²) in [6, 6.07) is 7.47. The van der Waals surface area contributed by atoms with Crippen molar-refractivity contribution in [3.8, 4) is 0 Å². The predicted octanol–water partition coefficient (Wildman–Crippen LogP) is 0.488. The summed E-state index contributed by atoms with van der Waals surface area (Å²) in [4.78, 5) is 17.1. The van der Waals surface area contributed by atoms with Crippen LogP contribution in [0.3, 0.4) is 0 Å². The van der Waals surface area contributed by atoms with E-state index < -0.39 is 6.04 Å². The molecule has 2 heterocycles. The molecule has 1 unspecified atom stereocenters. The molecule has 1 aliphatic heterocycles. The number of para-hydroxylation sites is 1. The Morgan fingerprint density at radius 3 is 2.95 bits per heavy atom. The highest BCUT2D eigenvalue weighted by molar-refractivity contribution is 5.86. The molecule has 1 saturated heterocycles. The minimum Gasteiger partial charge on any atom is -0.396 e. The van der Waals surface area contributed by atoms with Crippen LogP contribution >= 0.6 is 0 Å². The predicted molar refractivity (Wildman–Crippen MR) is 77.1 cm³/mol. The van der Waals surface area contributed by atoms with Crippen LogP contribution in [-0.4, -0.2) is 46.6 Å². The van der Waals surface area contributed by atoms with Gasteiger partial charge >= 0.3 is 0 Å². The minimum absolute atomic E-state index is 0.0278. The van der Waals surface area contributed by atoms with Gasteiger partial charge in [0.1, 0.15) is 0 Å². The van der Waals surface area contributed by atoms with Crippen LogP contribution in [0.5, 0.6) is 0 Å². The lowest BCUT2D eigenvalue weighted by atomic mass is 9.98. The Balaban J connectivity index is 1.67. The lowest BCUT2D eigenvalue weighted by Crippen LogP contribution is -2.56. The molecule has 20 heavy (non-hydrogen) atoms. The Morgan fingerprint density at radius 1 is 1.45 bits per heavy atom. The summed E-state index contributed by atoms with van der Waals surface area (Å²) in [5, 5.41) is 10.1. The molecule has 5 heteroatoms. The van der Waals surface area contributed by atoms with Crippen LogP contribution in [0.15, 0.2) is 30.5 Å². The Labute approximate surface area is 117 Å². The third kappa shape index (κ3) is 2.30. The van der Waals surface area contributed by atoms with Crippen molar-refractivity contribution in [1.29, 1.82) is 0 Å². The van der Waals surface area contributed by atoms with Crippen molar-refractivity contribution in [2.45, 2.75) is 12.5 Å². The highest BCUT2D eigenvalue weighted by Crippen LogP contribution is 2.20. The van der Waals surface area contributed by atoms with E-state index in [2.05, 4.69) is 4.98 Å². The van der Waals surface area contributed by atoms with Crippen LogP contribution in [0, 0.1) is 5.92 Å². The molecule has 0 aliphatic carbocycles. The zero-order valence-electron chi connectivity index (χ0n) is 11.2. The van der Waals surface area contributed by atoms with Gasteiger partial charge in [0, 0.05) is 42.7 Å². The number of carbonyl (C=O) groups excluding carboxylic acids is 1. The molecule has 2 aromatic rings. The average molecular weight is 273 g/mol. The van der Waals surface area contributed by atoms with Gasteiger partial charge in [-0.1, -0.05) is 18.2 Å². The van der Waals surface area contributed by atoms with Crippen LogP contribution in [0.1, 0.15) is 5.56 Å². The number of rotatable bonds is 4. The molecule has 0 bridgehead atoms. The number of nitrogens with one attached hydrogen (secondary N) is 1. The first-order valence-corrected chi connectivity index (χ1v) is 6.89. The second kappa shape index (κ2) is 5.26. The molecule has 1 fully saturated rings. The van der Waals surface area contributed by atoms with Crippen molar-refractivity contribution in [3.63, 3.8) is 0 Å². The van der Waals surface area contributed by atoms with Gasteiger partial charge in [-0.2, -0.15) is 0 Å². The van der Waals surface area contributed by atoms with E-state index in [1.807, 2.05) is 30.5 Å². The molecule has 0 saturated carbocycles. The first kappa shape index (κ1) is 13.1. The zero-order valence-corrected chi connectivity index (χ0v) is 11.2. The summed E-state index contributed by atoms with van der Waals surface area (Å²) in [6.07, 6.45) is 2.45. The third-order valence-electron chi connectivity index (χ3n) is 3.96. The number of aliphatic hydroxyl groups excluding tert-OH is 1. The van der Waals surface area contributed by atoms with Crippen molar-refractivity contribution >= 4 is 16.8 Å². The van der Waals surface area contributed by atoms with Gasteiger partial charge in [0.25, 0.3) is 0 Å². The van der Waals surface area contributed by atoms with E-state index in [0.717, 1.165) is 16.5 Å². The van der Waals surface area contributed by atoms with E-state index in [-0.39, 0.29) is 18.4 Å². The fourth-order valence-electron chi connectivity index (χ4n) is 2.72. The molecule has 0 spiro atoms. The van der Waals surface area contributed by atoms with Crippen molar-refractivity contribution in [2.75, 3.05) is 19.7 Å².